The van der Waals surface area contributed by atoms with Crippen molar-refractivity contribution in [1.82, 2.24) is 4.98 Å². The fraction of sp³-hybridized carbons (Fsp3) is 0.231. The van der Waals surface area contributed by atoms with Crippen molar-refractivity contribution in [2.75, 3.05) is 10.6 Å². The van der Waals surface area contributed by atoms with Gasteiger partial charge in [0.2, 0.25) is 0 Å². The SMILES string of the molecule is O=C(Nc1ccccc1)Nc1nc2c(s1)CCC2. The van der Waals surface area contributed by atoms with E-state index in [1.165, 1.54) is 11.3 Å². The predicted octanol–water partition coefficient (Wildman–Crippen LogP) is 3.28. The summed E-state index contributed by atoms with van der Waals surface area (Å²) in [4.78, 5) is 17.5. The minimum absolute atomic E-state index is 0.242. The number of urea groups is 1. The number of hydrogen-bond donors (Lipinski definition) is 2. The zero-order valence-corrected chi connectivity index (χ0v) is 10.6. The summed E-state index contributed by atoms with van der Waals surface area (Å²) in [6, 6.07) is 9.13. The number of carbonyl (C=O) groups excluding carboxylic acids is 1. The van der Waals surface area contributed by atoms with Gasteiger partial charge in [0.15, 0.2) is 5.13 Å². The Morgan fingerprint density at radius 3 is 2.78 bits per heavy atom. The van der Waals surface area contributed by atoms with Crippen LogP contribution in [-0.2, 0) is 12.8 Å². The predicted molar refractivity (Wildman–Crippen MR) is 73.2 cm³/mol. The van der Waals surface area contributed by atoms with E-state index in [-0.39, 0.29) is 6.03 Å². The molecule has 0 aliphatic heterocycles. The number of hydrogen-bond acceptors (Lipinski definition) is 3. The van der Waals surface area contributed by atoms with Crippen LogP contribution in [0.1, 0.15) is 17.0 Å². The van der Waals surface area contributed by atoms with Crippen LogP contribution >= 0.6 is 11.3 Å². The molecule has 0 unspecified atom stereocenters. The molecule has 0 bridgehead atoms. The Morgan fingerprint density at radius 2 is 2.00 bits per heavy atom. The second-order valence-corrected chi connectivity index (χ2v) is 5.27. The summed E-state index contributed by atoms with van der Waals surface area (Å²) < 4.78 is 0. The highest BCUT2D eigenvalue weighted by Crippen LogP contribution is 2.30. The van der Waals surface area contributed by atoms with E-state index in [1.54, 1.807) is 11.3 Å². The van der Waals surface area contributed by atoms with Gasteiger partial charge in [0.05, 0.1) is 5.69 Å². The average molecular weight is 259 g/mol. The molecule has 0 spiro atoms. The molecule has 0 saturated heterocycles. The van der Waals surface area contributed by atoms with E-state index in [0.29, 0.717) is 5.13 Å². The van der Waals surface area contributed by atoms with Gasteiger partial charge in [-0.2, -0.15) is 0 Å². The highest BCUT2D eigenvalue weighted by molar-refractivity contribution is 7.15. The molecule has 5 heteroatoms. The maximum Gasteiger partial charge on any atom is 0.325 e. The number of benzene rings is 1. The largest absolute Gasteiger partial charge is 0.325 e. The summed E-state index contributed by atoms with van der Waals surface area (Å²) >= 11 is 1.58. The molecule has 2 amide bonds. The number of fused-ring (bicyclic) bond motifs is 1. The number of anilines is 2. The zero-order valence-electron chi connectivity index (χ0n) is 9.77. The van der Waals surface area contributed by atoms with Gasteiger partial charge in [-0.05, 0) is 31.4 Å². The lowest BCUT2D eigenvalue weighted by Crippen LogP contribution is -2.19. The highest BCUT2D eigenvalue weighted by Gasteiger charge is 2.17. The zero-order chi connectivity index (χ0) is 12.4. The third kappa shape index (κ3) is 2.36. The summed E-state index contributed by atoms with van der Waals surface area (Å²) in [5.41, 5.74) is 1.93. The first-order chi connectivity index (χ1) is 8.81. The molecule has 0 radical (unpaired) electrons. The van der Waals surface area contributed by atoms with Crippen molar-refractivity contribution in [3.05, 3.63) is 40.9 Å². The Hall–Kier alpha value is -1.88. The first-order valence-corrected chi connectivity index (χ1v) is 6.74. The number of rotatable bonds is 2. The van der Waals surface area contributed by atoms with Crippen LogP contribution in [0, 0.1) is 0 Å². The number of aryl methyl sites for hydroxylation is 2. The van der Waals surface area contributed by atoms with Crippen molar-refractivity contribution in [3.8, 4) is 0 Å². The van der Waals surface area contributed by atoms with Gasteiger partial charge >= 0.3 is 6.03 Å². The van der Waals surface area contributed by atoms with Crippen LogP contribution in [0.25, 0.3) is 0 Å². The molecule has 3 rings (SSSR count). The second-order valence-electron chi connectivity index (χ2n) is 4.19. The third-order valence-electron chi connectivity index (χ3n) is 2.85. The molecule has 1 aromatic carbocycles. The Bertz CT molecular complexity index is 543. The van der Waals surface area contributed by atoms with Gasteiger partial charge < -0.3 is 5.32 Å². The van der Waals surface area contributed by atoms with E-state index < -0.39 is 0 Å². The lowest BCUT2D eigenvalue weighted by molar-refractivity contribution is 0.262. The quantitative estimate of drug-likeness (QED) is 0.869. The molecule has 18 heavy (non-hydrogen) atoms. The average Bonchev–Trinajstić information content (AvgIpc) is 2.90. The standard InChI is InChI=1S/C13H13N3OS/c17-12(14-9-5-2-1-3-6-9)16-13-15-10-7-4-8-11(10)18-13/h1-3,5-6H,4,7-8H2,(H2,14,15,16,17). The van der Waals surface area contributed by atoms with Gasteiger partial charge in [-0.1, -0.05) is 18.2 Å². The fourth-order valence-electron chi connectivity index (χ4n) is 2.02. The molecule has 0 fully saturated rings. The van der Waals surface area contributed by atoms with E-state index >= 15 is 0 Å². The van der Waals surface area contributed by atoms with Crippen LogP contribution in [-0.4, -0.2) is 11.0 Å². The van der Waals surface area contributed by atoms with E-state index in [0.717, 1.165) is 24.2 Å². The van der Waals surface area contributed by atoms with E-state index in [2.05, 4.69) is 15.6 Å². The minimum Gasteiger partial charge on any atom is -0.308 e. The first-order valence-electron chi connectivity index (χ1n) is 5.93. The summed E-state index contributed by atoms with van der Waals surface area (Å²) in [5.74, 6) is 0. The van der Waals surface area contributed by atoms with E-state index in [4.69, 9.17) is 0 Å². The van der Waals surface area contributed by atoms with Crippen LogP contribution < -0.4 is 10.6 Å². The molecule has 4 nitrogen and oxygen atoms in total. The van der Waals surface area contributed by atoms with Crippen LogP contribution in [0.3, 0.4) is 0 Å². The lowest BCUT2D eigenvalue weighted by atomic mass is 10.3. The second kappa shape index (κ2) is 4.78. The Balaban J connectivity index is 1.64. The van der Waals surface area contributed by atoms with Crippen LogP contribution in [0.2, 0.25) is 0 Å². The molecular weight excluding hydrogens is 246 g/mol. The number of para-hydroxylation sites is 1. The van der Waals surface area contributed by atoms with Gasteiger partial charge in [-0.25, -0.2) is 9.78 Å². The van der Waals surface area contributed by atoms with E-state index in [9.17, 15) is 4.79 Å². The normalized spacial score (nSPS) is 13.1. The third-order valence-corrected chi connectivity index (χ3v) is 3.92. The van der Waals surface area contributed by atoms with Gasteiger partial charge in [-0.15, -0.1) is 11.3 Å². The number of carbonyl (C=O) groups is 1. The molecule has 1 heterocycles. The minimum atomic E-state index is -0.242. The molecule has 1 aliphatic rings. The smallest absolute Gasteiger partial charge is 0.308 e. The number of nitrogens with one attached hydrogen (secondary N) is 2. The van der Waals surface area contributed by atoms with Crippen LogP contribution in [0.4, 0.5) is 15.6 Å². The number of amides is 2. The van der Waals surface area contributed by atoms with Gasteiger partial charge in [-0.3, -0.25) is 5.32 Å². The monoisotopic (exact) mass is 259 g/mol. The van der Waals surface area contributed by atoms with Crippen molar-refractivity contribution >= 4 is 28.2 Å². The molecule has 2 aromatic rings. The van der Waals surface area contributed by atoms with Gasteiger partial charge in [0, 0.05) is 10.6 Å². The maximum absolute atomic E-state index is 11.8. The Kier molecular flexibility index (Phi) is 2.98. The summed E-state index contributed by atoms with van der Waals surface area (Å²) in [6.45, 7) is 0. The summed E-state index contributed by atoms with van der Waals surface area (Å²) in [5, 5.41) is 6.24. The molecule has 1 aliphatic carbocycles. The Morgan fingerprint density at radius 1 is 1.17 bits per heavy atom. The maximum atomic E-state index is 11.8. The molecule has 0 atom stereocenters. The van der Waals surface area contributed by atoms with Crippen molar-refractivity contribution < 1.29 is 4.79 Å². The van der Waals surface area contributed by atoms with E-state index in [1.807, 2.05) is 30.3 Å². The van der Waals surface area contributed by atoms with Crippen molar-refractivity contribution in [3.63, 3.8) is 0 Å². The Labute approximate surface area is 109 Å². The highest BCUT2D eigenvalue weighted by atomic mass is 32.1. The van der Waals surface area contributed by atoms with Gasteiger partial charge in [0.1, 0.15) is 0 Å². The summed E-state index contributed by atoms with van der Waals surface area (Å²) in [6.07, 6.45) is 3.31. The van der Waals surface area contributed by atoms with Crippen molar-refractivity contribution in [2.45, 2.75) is 19.3 Å². The number of thiazole rings is 1. The fourth-order valence-corrected chi connectivity index (χ4v) is 3.07. The molecule has 2 N–H and O–H groups in total. The number of nitrogens with zero attached hydrogens (tertiary/aromatic N) is 1. The van der Waals surface area contributed by atoms with Crippen molar-refractivity contribution in [2.24, 2.45) is 0 Å². The van der Waals surface area contributed by atoms with Crippen LogP contribution in [0.15, 0.2) is 30.3 Å². The molecule has 92 valence electrons. The summed E-state index contributed by atoms with van der Waals surface area (Å²) in [7, 11) is 0. The molecular formula is C13H13N3OS. The van der Waals surface area contributed by atoms with Crippen LogP contribution in [0.5, 0.6) is 0 Å². The van der Waals surface area contributed by atoms with Gasteiger partial charge in [0.25, 0.3) is 0 Å². The topological polar surface area (TPSA) is 54.0 Å². The first kappa shape index (κ1) is 11.2. The molecule has 1 aromatic heterocycles. The lowest BCUT2D eigenvalue weighted by Gasteiger charge is -2.04. The number of aromatic nitrogens is 1. The van der Waals surface area contributed by atoms with Crippen molar-refractivity contribution in [1.29, 1.82) is 0 Å². The molecule has 0 saturated carbocycles.